The van der Waals surface area contributed by atoms with Gasteiger partial charge in [0.05, 0.1) is 19.3 Å². The molecule has 1 aromatic heterocycles. The van der Waals surface area contributed by atoms with Gasteiger partial charge >= 0.3 is 0 Å². The van der Waals surface area contributed by atoms with Crippen molar-refractivity contribution in [2.75, 3.05) is 27.7 Å². The highest BCUT2D eigenvalue weighted by Gasteiger charge is 2.16. The normalized spacial score (nSPS) is 12.0. The lowest BCUT2D eigenvalue weighted by molar-refractivity contribution is -0.121. The number of hydrogen-bond acceptors (Lipinski definition) is 5. The van der Waals surface area contributed by atoms with Crippen LogP contribution in [0.5, 0.6) is 5.75 Å². The minimum Gasteiger partial charge on any atom is -0.497 e. The number of aryl methyl sites for hydroxylation is 1. The highest BCUT2D eigenvalue weighted by atomic mass is 16.5. The van der Waals surface area contributed by atoms with Crippen LogP contribution in [0.2, 0.25) is 0 Å². The molecule has 6 heteroatoms. The van der Waals surface area contributed by atoms with E-state index in [-0.39, 0.29) is 11.9 Å². The van der Waals surface area contributed by atoms with Crippen LogP contribution in [0.3, 0.4) is 0 Å². The number of rotatable bonds is 10. The number of likely N-dealkylation sites (N-methyl/N-ethyl adjacent to an activating group) is 1. The van der Waals surface area contributed by atoms with Crippen molar-refractivity contribution in [3.8, 4) is 17.1 Å². The van der Waals surface area contributed by atoms with Crippen LogP contribution in [0.4, 0.5) is 0 Å². The summed E-state index contributed by atoms with van der Waals surface area (Å²) in [6.07, 6.45) is 3.49. The van der Waals surface area contributed by atoms with Gasteiger partial charge in [0.2, 0.25) is 5.91 Å². The first-order valence-electron chi connectivity index (χ1n) is 10.1. The summed E-state index contributed by atoms with van der Waals surface area (Å²) in [4.78, 5) is 18.8. The van der Waals surface area contributed by atoms with Gasteiger partial charge in [-0.1, -0.05) is 42.5 Å². The summed E-state index contributed by atoms with van der Waals surface area (Å²) in [6.45, 7) is 0.538. The summed E-state index contributed by atoms with van der Waals surface area (Å²) in [5.41, 5.74) is 2.11. The standard InChI is InChI=1S/C24H29N3O3/c1-27(2)21(19-11-7-12-20(15-19)29-3)16-25-23(28)13-8-14-24-26-17-22(30-24)18-9-5-4-6-10-18/h4-7,9-12,15,17,21H,8,13-14,16H2,1-3H3,(H,25,28). The Morgan fingerprint density at radius 3 is 2.70 bits per heavy atom. The summed E-state index contributed by atoms with van der Waals surface area (Å²) >= 11 is 0. The van der Waals surface area contributed by atoms with Crippen molar-refractivity contribution < 1.29 is 13.9 Å². The molecular weight excluding hydrogens is 378 g/mol. The van der Waals surface area contributed by atoms with Gasteiger partial charge in [0.1, 0.15) is 5.75 Å². The summed E-state index contributed by atoms with van der Waals surface area (Å²) in [5.74, 6) is 2.25. The van der Waals surface area contributed by atoms with E-state index in [9.17, 15) is 4.79 Å². The van der Waals surface area contributed by atoms with Crippen molar-refractivity contribution in [2.24, 2.45) is 0 Å². The molecule has 1 atom stereocenters. The Bertz CT molecular complexity index is 938. The number of benzene rings is 2. The van der Waals surface area contributed by atoms with E-state index in [4.69, 9.17) is 9.15 Å². The predicted molar refractivity (Wildman–Crippen MR) is 117 cm³/mol. The third kappa shape index (κ3) is 5.94. The first kappa shape index (κ1) is 21.6. The molecule has 30 heavy (non-hydrogen) atoms. The molecule has 3 aromatic rings. The van der Waals surface area contributed by atoms with Gasteiger partial charge < -0.3 is 19.4 Å². The van der Waals surface area contributed by atoms with Gasteiger partial charge in [0, 0.05) is 24.9 Å². The second-order valence-electron chi connectivity index (χ2n) is 7.40. The average molecular weight is 408 g/mol. The van der Waals surface area contributed by atoms with Gasteiger partial charge in [0.15, 0.2) is 11.7 Å². The SMILES string of the molecule is COc1cccc(C(CNC(=O)CCCc2ncc(-c3ccccc3)o2)N(C)C)c1. The number of aromatic nitrogens is 1. The van der Waals surface area contributed by atoms with Crippen LogP contribution in [0.25, 0.3) is 11.3 Å². The quantitative estimate of drug-likeness (QED) is 0.548. The van der Waals surface area contributed by atoms with Gasteiger partial charge in [-0.25, -0.2) is 4.98 Å². The largest absolute Gasteiger partial charge is 0.497 e. The molecule has 1 amide bonds. The van der Waals surface area contributed by atoms with Crippen LogP contribution < -0.4 is 10.1 Å². The Morgan fingerprint density at radius 2 is 1.97 bits per heavy atom. The number of carbonyl (C=O) groups is 1. The minimum absolute atomic E-state index is 0.0274. The summed E-state index contributed by atoms with van der Waals surface area (Å²) < 4.78 is 11.1. The van der Waals surface area contributed by atoms with Crippen LogP contribution >= 0.6 is 0 Å². The third-order valence-electron chi connectivity index (χ3n) is 5.00. The Morgan fingerprint density at radius 1 is 1.17 bits per heavy atom. The summed E-state index contributed by atoms with van der Waals surface area (Å²) in [5, 5.41) is 3.04. The topological polar surface area (TPSA) is 67.6 Å². The van der Waals surface area contributed by atoms with E-state index in [0.29, 0.717) is 31.7 Å². The highest BCUT2D eigenvalue weighted by Crippen LogP contribution is 2.22. The maximum Gasteiger partial charge on any atom is 0.220 e. The number of nitrogens with zero attached hydrogens (tertiary/aromatic N) is 2. The molecule has 0 aliphatic carbocycles. The first-order valence-corrected chi connectivity index (χ1v) is 10.1. The van der Waals surface area contributed by atoms with Crippen LogP contribution in [0, 0.1) is 0 Å². The van der Waals surface area contributed by atoms with E-state index in [1.807, 2.05) is 68.7 Å². The highest BCUT2D eigenvalue weighted by molar-refractivity contribution is 5.75. The maximum atomic E-state index is 12.3. The second-order valence-corrected chi connectivity index (χ2v) is 7.40. The lowest BCUT2D eigenvalue weighted by Crippen LogP contribution is -2.34. The molecule has 1 N–H and O–H groups in total. The molecule has 3 rings (SSSR count). The molecule has 0 aliphatic rings. The van der Waals surface area contributed by atoms with E-state index < -0.39 is 0 Å². The monoisotopic (exact) mass is 407 g/mol. The Kier molecular flexibility index (Phi) is 7.63. The smallest absolute Gasteiger partial charge is 0.220 e. The van der Waals surface area contributed by atoms with Gasteiger partial charge in [0.25, 0.3) is 0 Å². The number of oxazole rings is 1. The summed E-state index contributed by atoms with van der Waals surface area (Å²) in [7, 11) is 5.66. The molecule has 1 heterocycles. The fourth-order valence-electron chi connectivity index (χ4n) is 3.31. The minimum atomic E-state index is 0.0274. The molecule has 0 saturated heterocycles. The van der Waals surface area contributed by atoms with E-state index >= 15 is 0 Å². The molecule has 0 spiro atoms. The van der Waals surface area contributed by atoms with E-state index in [2.05, 4.69) is 15.2 Å². The molecule has 1 unspecified atom stereocenters. The second kappa shape index (κ2) is 10.6. The molecule has 0 bridgehead atoms. The molecule has 0 aliphatic heterocycles. The molecule has 0 fully saturated rings. The predicted octanol–water partition coefficient (Wildman–Crippen LogP) is 4.09. The fourth-order valence-corrected chi connectivity index (χ4v) is 3.31. The lowest BCUT2D eigenvalue weighted by atomic mass is 10.1. The number of hydrogen-bond donors (Lipinski definition) is 1. The molecule has 0 saturated carbocycles. The molecular formula is C24H29N3O3. The number of nitrogens with one attached hydrogen (secondary N) is 1. The van der Waals surface area contributed by atoms with Crippen LogP contribution in [0.1, 0.15) is 30.3 Å². The van der Waals surface area contributed by atoms with E-state index in [1.54, 1.807) is 13.3 Å². The zero-order valence-corrected chi connectivity index (χ0v) is 17.8. The zero-order chi connectivity index (χ0) is 21.3. The summed E-state index contributed by atoms with van der Waals surface area (Å²) in [6, 6.07) is 17.9. The lowest BCUT2D eigenvalue weighted by Gasteiger charge is -2.25. The Balaban J connectivity index is 1.46. The molecule has 0 radical (unpaired) electrons. The maximum absolute atomic E-state index is 12.3. The fraction of sp³-hybridized carbons (Fsp3) is 0.333. The first-order chi connectivity index (χ1) is 14.6. The van der Waals surface area contributed by atoms with Crippen molar-refractivity contribution in [3.63, 3.8) is 0 Å². The van der Waals surface area contributed by atoms with Gasteiger partial charge in [-0.15, -0.1) is 0 Å². The van der Waals surface area contributed by atoms with E-state index in [1.165, 1.54) is 0 Å². The van der Waals surface area contributed by atoms with Crippen molar-refractivity contribution in [2.45, 2.75) is 25.3 Å². The zero-order valence-electron chi connectivity index (χ0n) is 17.8. The Labute approximate surface area is 177 Å². The van der Waals surface area contributed by atoms with Gasteiger partial charge in [-0.3, -0.25) is 4.79 Å². The van der Waals surface area contributed by atoms with E-state index in [0.717, 1.165) is 22.6 Å². The van der Waals surface area contributed by atoms with Crippen LogP contribution in [-0.2, 0) is 11.2 Å². The van der Waals surface area contributed by atoms with Crippen molar-refractivity contribution in [1.29, 1.82) is 0 Å². The Hall–Kier alpha value is -3.12. The van der Waals surface area contributed by atoms with Gasteiger partial charge in [-0.2, -0.15) is 0 Å². The number of methoxy groups -OCH3 is 1. The van der Waals surface area contributed by atoms with Crippen LogP contribution in [-0.4, -0.2) is 43.5 Å². The molecule has 158 valence electrons. The molecule has 6 nitrogen and oxygen atoms in total. The number of amides is 1. The number of ether oxygens (including phenoxy) is 1. The average Bonchev–Trinajstić information content (AvgIpc) is 3.23. The third-order valence-corrected chi connectivity index (χ3v) is 5.00. The van der Waals surface area contributed by atoms with Crippen molar-refractivity contribution >= 4 is 5.91 Å². The number of carbonyl (C=O) groups excluding carboxylic acids is 1. The van der Waals surface area contributed by atoms with Crippen molar-refractivity contribution in [1.82, 2.24) is 15.2 Å². The van der Waals surface area contributed by atoms with Gasteiger partial charge in [-0.05, 0) is 38.2 Å². The molecule has 2 aromatic carbocycles. The van der Waals surface area contributed by atoms with Crippen molar-refractivity contribution in [3.05, 3.63) is 72.2 Å². The van der Waals surface area contributed by atoms with Crippen LogP contribution in [0.15, 0.2) is 65.2 Å².